The number of nitrogens with two attached hydrogens (primary N) is 1. The summed E-state index contributed by atoms with van der Waals surface area (Å²) in [7, 11) is -3.79. The molecule has 0 saturated carbocycles. The molecule has 1 atom stereocenters. The van der Waals surface area contributed by atoms with Gasteiger partial charge in [-0.05, 0) is 41.4 Å². The lowest BCUT2D eigenvalue weighted by Crippen LogP contribution is -2.40. The van der Waals surface area contributed by atoms with E-state index in [0.717, 1.165) is 6.42 Å². The van der Waals surface area contributed by atoms with Gasteiger partial charge >= 0.3 is 0 Å². The largest absolute Gasteiger partial charge is 0.398 e. The Morgan fingerprint density at radius 3 is 2.50 bits per heavy atom. The third-order valence-electron chi connectivity index (χ3n) is 2.74. The fourth-order valence-corrected chi connectivity index (χ4v) is 5.04. The smallest absolute Gasteiger partial charge is 0.243 e. The molecule has 0 heterocycles. The Morgan fingerprint density at radius 2 is 2.00 bits per heavy atom. The number of nitrogens with one attached hydrogen (secondary N) is 1. The van der Waals surface area contributed by atoms with Gasteiger partial charge in [-0.2, -0.15) is 0 Å². The minimum Gasteiger partial charge on any atom is -0.398 e. The van der Waals surface area contributed by atoms with Crippen molar-refractivity contribution in [3.63, 3.8) is 0 Å². The molecule has 1 aromatic carbocycles. The molecule has 0 saturated heterocycles. The summed E-state index contributed by atoms with van der Waals surface area (Å²) in [5.41, 5.74) is 4.81. The number of aliphatic hydroxyl groups is 1. The molecule has 0 aliphatic rings. The van der Waals surface area contributed by atoms with Crippen molar-refractivity contribution >= 4 is 47.6 Å². The molecule has 0 bridgehead atoms. The van der Waals surface area contributed by atoms with Gasteiger partial charge in [-0.3, -0.25) is 0 Å². The van der Waals surface area contributed by atoms with E-state index in [4.69, 9.17) is 5.73 Å². The standard InChI is InChI=1S/C12H18Br2N2O3S/c1-3-4-12(2,17)7-16-20(18,19)11-9(14)5-8(13)6-10(11)15/h5-6,16-17H,3-4,7,15H2,1-2H3. The number of rotatable bonds is 6. The lowest BCUT2D eigenvalue weighted by molar-refractivity contribution is 0.0554. The molecule has 4 N–H and O–H groups in total. The Labute approximate surface area is 136 Å². The molecule has 0 aliphatic carbocycles. The second-order valence-electron chi connectivity index (χ2n) is 4.88. The van der Waals surface area contributed by atoms with Gasteiger partial charge in [0.1, 0.15) is 4.90 Å². The van der Waals surface area contributed by atoms with E-state index >= 15 is 0 Å². The average Bonchev–Trinajstić information content (AvgIpc) is 2.24. The summed E-state index contributed by atoms with van der Waals surface area (Å²) in [6.07, 6.45) is 1.27. The van der Waals surface area contributed by atoms with Crippen LogP contribution in [-0.4, -0.2) is 25.7 Å². The molecule has 5 nitrogen and oxygen atoms in total. The normalized spacial score (nSPS) is 15.1. The van der Waals surface area contributed by atoms with Crippen LogP contribution in [0.2, 0.25) is 0 Å². The van der Waals surface area contributed by atoms with Gasteiger partial charge in [-0.15, -0.1) is 0 Å². The highest BCUT2D eigenvalue weighted by molar-refractivity contribution is 9.11. The summed E-state index contributed by atoms with van der Waals surface area (Å²) in [5.74, 6) is 0. The van der Waals surface area contributed by atoms with Crippen LogP contribution < -0.4 is 10.5 Å². The predicted molar refractivity (Wildman–Crippen MR) is 87.0 cm³/mol. The molecule has 0 spiro atoms. The van der Waals surface area contributed by atoms with E-state index in [1.54, 1.807) is 13.0 Å². The predicted octanol–water partition coefficient (Wildman–Crippen LogP) is 2.62. The molecular formula is C12H18Br2N2O3S. The maximum Gasteiger partial charge on any atom is 0.243 e. The highest BCUT2D eigenvalue weighted by Gasteiger charge is 2.26. The van der Waals surface area contributed by atoms with Gasteiger partial charge in [0.25, 0.3) is 0 Å². The first-order valence-corrected chi connectivity index (χ1v) is 9.12. The molecule has 20 heavy (non-hydrogen) atoms. The van der Waals surface area contributed by atoms with Crippen molar-refractivity contribution in [2.24, 2.45) is 0 Å². The zero-order valence-electron chi connectivity index (χ0n) is 11.3. The maximum absolute atomic E-state index is 12.3. The first-order valence-electron chi connectivity index (χ1n) is 6.05. The molecule has 0 fully saturated rings. The third kappa shape index (κ3) is 4.70. The van der Waals surface area contributed by atoms with Crippen LogP contribution in [-0.2, 0) is 10.0 Å². The van der Waals surface area contributed by atoms with Crippen molar-refractivity contribution in [2.75, 3.05) is 12.3 Å². The number of hydrogen-bond acceptors (Lipinski definition) is 4. The number of benzene rings is 1. The SMILES string of the molecule is CCCC(C)(O)CNS(=O)(=O)c1c(N)cc(Br)cc1Br. The van der Waals surface area contributed by atoms with Crippen LogP contribution in [0.5, 0.6) is 0 Å². The van der Waals surface area contributed by atoms with Crippen LogP contribution in [0.1, 0.15) is 26.7 Å². The van der Waals surface area contributed by atoms with E-state index in [9.17, 15) is 13.5 Å². The van der Waals surface area contributed by atoms with Crippen molar-refractivity contribution in [3.8, 4) is 0 Å². The third-order valence-corrected chi connectivity index (χ3v) is 5.60. The van der Waals surface area contributed by atoms with Crippen molar-refractivity contribution in [2.45, 2.75) is 37.2 Å². The molecule has 0 aliphatic heterocycles. The van der Waals surface area contributed by atoms with Gasteiger partial charge < -0.3 is 10.8 Å². The highest BCUT2D eigenvalue weighted by Crippen LogP contribution is 2.31. The van der Waals surface area contributed by atoms with E-state index < -0.39 is 15.6 Å². The molecule has 0 aromatic heterocycles. The summed E-state index contributed by atoms with van der Waals surface area (Å²) in [6.45, 7) is 3.45. The van der Waals surface area contributed by atoms with Gasteiger partial charge in [-0.25, -0.2) is 13.1 Å². The zero-order valence-corrected chi connectivity index (χ0v) is 15.3. The number of hydrogen-bond donors (Lipinski definition) is 3. The summed E-state index contributed by atoms with van der Waals surface area (Å²) in [6, 6.07) is 3.12. The number of sulfonamides is 1. The Bertz CT molecular complexity index is 565. The average molecular weight is 430 g/mol. The minimum absolute atomic E-state index is 0.0204. The number of anilines is 1. The first-order chi connectivity index (χ1) is 9.09. The Morgan fingerprint density at radius 1 is 1.40 bits per heavy atom. The van der Waals surface area contributed by atoms with Crippen LogP contribution in [0.4, 0.5) is 5.69 Å². The molecule has 1 unspecified atom stereocenters. The van der Waals surface area contributed by atoms with E-state index in [0.29, 0.717) is 15.4 Å². The number of halogens is 2. The van der Waals surface area contributed by atoms with Crippen molar-refractivity contribution in [1.82, 2.24) is 4.72 Å². The molecular weight excluding hydrogens is 412 g/mol. The lowest BCUT2D eigenvalue weighted by Gasteiger charge is -2.23. The Kier molecular flexibility index (Phi) is 6.03. The van der Waals surface area contributed by atoms with Crippen molar-refractivity contribution in [3.05, 3.63) is 21.1 Å². The van der Waals surface area contributed by atoms with Gasteiger partial charge in [0.15, 0.2) is 0 Å². The van der Waals surface area contributed by atoms with E-state index in [1.165, 1.54) is 6.07 Å². The van der Waals surface area contributed by atoms with Crippen LogP contribution in [0, 0.1) is 0 Å². The molecule has 8 heteroatoms. The monoisotopic (exact) mass is 428 g/mol. The summed E-state index contributed by atoms with van der Waals surface area (Å²) in [4.78, 5) is -0.0204. The van der Waals surface area contributed by atoms with E-state index in [-0.39, 0.29) is 17.1 Å². The molecule has 114 valence electrons. The molecule has 0 amide bonds. The topological polar surface area (TPSA) is 92.4 Å². The quantitative estimate of drug-likeness (QED) is 0.606. The van der Waals surface area contributed by atoms with Gasteiger partial charge in [0.2, 0.25) is 10.0 Å². The fourth-order valence-electron chi connectivity index (χ4n) is 1.81. The summed E-state index contributed by atoms with van der Waals surface area (Å²) < 4.78 is 28.0. The van der Waals surface area contributed by atoms with Crippen LogP contribution >= 0.6 is 31.9 Å². The van der Waals surface area contributed by atoms with Gasteiger partial charge in [0.05, 0.1) is 11.3 Å². The van der Waals surface area contributed by atoms with Crippen LogP contribution in [0.15, 0.2) is 26.0 Å². The van der Waals surface area contributed by atoms with Crippen LogP contribution in [0.25, 0.3) is 0 Å². The highest BCUT2D eigenvalue weighted by atomic mass is 79.9. The minimum atomic E-state index is -3.79. The summed E-state index contributed by atoms with van der Waals surface area (Å²) >= 11 is 6.43. The van der Waals surface area contributed by atoms with Crippen molar-refractivity contribution < 1.29 is 13.5 Å². The van der Waals surface area contributed by atoms with Gasteiger partial charge in [-0.1, -0.05) is 29.3 Å². The van der Waals surface area contributed by atoms with E-state index in [1.807, 2.05) is 6.92 Å². The summed E-state index contributed by atoms with van der Waals surface area (Å²) in [5, 5.41) is 10.0. The molecule has 0 radical (unpaired) electrons. The second-order valence-corrected chi connectivity index (χ2v) is 8.35. The number of nitrogen functional groups attached to an aromatic ring is 1. The molecule has 1 rings (SSSR count). The Balaban J connectivity index is 3.01. The van der Waals surface area contributed by atoms with Gasteiger partial charge in [0, 0.05) is 15.5 Å². The lowest BCUT2D eigenvalue weighted by atomic mass is 10.0. The maximum atomic E-state index is 12.3. The fraction of sp³-hybridized carbons (Fsp3) is 0.500. The van der Waals surface area contributed by atoms with E-state index in [2.05, 4.69) is 36.6 Å². The molecule has 1 aromatic rings. The van der Waals surface area contributed by atoms with Crippen molar-refractivity contribution in [1.29, 1.82) is 0 Å². The first kappa shape index (κ1) is 17.9. The Hall–Kier alpha value is -0.150. The van der Waals surface area contributed by atoms with Crippen LogP contribution in [0.3, 0.4) is 0 Å². The zero-order chi connectivity index (χ0) is 15.6. The second kappa shape index (κ2) is 6.74.